The Labute approximate surface area is 167 Å². The molecular formula is C22H20O3S2. The molecule has 5 heteroatoms. The number of thioether (sulfide) groups is 2. The molecule has 0 aromatic heterocycles. The summed E-state index contributed by atoms with van der Waals surface area (Å²) in [6.07, 6.45) is 4.26. The van der Waals surface area contributed by atoms with Gasteiger partial charge in [-0.15, -0.1) is 23.5 Å². The molecule has 0 spiro atoms. The van der Waals surface area contributed by atoms with Gasteiger partial charge in [0.05, 0.1) is 16.9 Å². The van der Waals surface area contributed by atoms with E-state index >= 15 is 0 Å². The maximum absolute atomic E-state index is 13.1. The third-order valence-corrected chi connectivity index (χ3v) is 6.65. The van der Waals surface area contributed by atoms with Crippen LogP contribution < -0.4 is 4.74 Å². The van der Waals surface area contributed by atoms with Crippen molar-refractivity contribution in [2.45, 2.75) is 6.42 Å². The number of hydrogen-bond acceptors (Lipinski definition) is 5. The average molecular weight is 397 g/mol. The zero-order valence-corrected chi connectivity index (χ0v) is 16.6. The predicted octanol–water partition coefficient (Wildman–Crippen LogP) is 5.24. The van der Waals surface area contributed by atoms with Crippen LogP contribution in [0.1, 0.15) is 22.3 Å². The SMILES string of the molecule is COc1ccccc1/C=C/C(=O)C(C(=O)c1ccccc1)=C1SCCCS1. The fraction of sp³-hybridized carbons (Fsp3) is 0.182. The van der Waals surface area contributed by atoms with Crippen LogP contribution in [-0.2, 0) is 4.79 Å². The molecule has 1 saturated heterocycles. The Morgan fingerprint density at radius 2 is 1.63 bits per heavy atom. The number of allylic oxidation sites excluding steroid dienone is 2. The van der Waals surface area contributed by atoms with Gasteiger partial charge in [0, 0.05) is 11.1 Å². The summed E-state index contributed by atoms with van der Waals surface area (Å²) in [4.78, 5) is 26.1. The Bertz CT molecular complexity index is 877. The summed E-state index contributed by atoms with van der Waals surface area (Å²) in [5, 5.41) is 0. The lowest BCUT2D eigenvalue weighted by molar-refractivity contribution is -0.111. The number of carbonyl (C=O) groups is 2. The van der Waals surface area contributed by atoms with Crippen LogP contribution in [0.25, 0.3) is 6.08 Å². The summed E-state index contributed by atoms with van der Waals surface area (Å²) >= 11 is 3.19. The molecule has 0 saturated carbocycles. The van der Waals surface area contributed by atoms with Crippen molar-refractivity contribution in [2.24, 2.45) is 0 Å². The van der Waals surface area contributed by atoms with Gasteiger partial charge in [-0.2, -0.15) is 0 Å². The van der Waals surface area contributed by atoms with E-state index in [1.807, 2.05) is 42.5 Å². The second-order valence-electron chi connectivity index (χ2n) is 5.85. The number of benzene rings is 2. The van der Waals surface area contributed by atoms with Crippen molar-refractivity contribution < 1.29 is 14.3 Å². The first-order valence-corrected chi connectivity index (χ1v) is 10.6. The molecule has 1 aliphatic heterocycles. The molecule has 0 N–H and O–H groups in total. The first-order chi connectivity index (χ1) is 13.2. The fourth-order valence-corrected chi connectivity index (χ4v) is 5.31. The van der Waals surface area contributed by atoms with Gasteiger partial charge in [0.15, 0.2) is 11.6 Å². The van der Waals surface area contributed by atoms with Crippen LogP contribution in [0.4, 0.5) is 0 Å². The molecule has 0 aliphatic carbocycles. The van der Waals surface area contributed by atoms with E-state index in [4.69, 9.17) is 4.74 Å². The largest absolute Gasteiger partial charge is 0.496 e. The molecule has 0 amide bonds. The van der Waals surface area contributed by atoms with Gasteiger partial charge in [0.1, 0.15) is 5.75 Å². The molecule has 138 valence electrons. The summed E-state index contributed by atoms with van der Waals surface area (Å²) in [7, 11) is 1.59. The molecule has 2 aromatic carbocycles. The maximum Gasteiger partial charge on any atom is 0.198 e. The van der Waals surface area contributed by atoms with Crippen molar-refractivity contribution in [3.63, 3.8) is 0 Å². The molecule has 1 heterocycles. The molecule has 1 fully saturated rings. The number of para-hydroxylation sites is 1. The smallest absolute Gasteiger partial charge is 0.198 e. The van der Waals surface area contributed by atoms with Gasteiger partial charge in [0.25, 0.3) is 0 Å². The number of hydrogen-bond donors (Lipinski definition) is 0. The Morgan fingerprint density at radius 3 is 2.33 bits per heavy atom. The van der Waals surface area contributed by atoms with E-state index in [2.05, 4.69) is 0 Å². The number of ketones is 2. The van der Waals surface area contributed by atoms with Gasteiger partial charge < -0.3 is 4.74 Å². The molecule has 3 nitrogen and oxygen atoms in total. The number of methoxy groups -OCH3 is 1. The fourth-order valence-electron chi connectivity index (χ4n) is 2.67. The summed E-state index contributed by atoms with van der Waals surface area (Å²) in [5.41, 5.74) is 1.60. The molecule has 1 aliphatic rings. The first-order valence-electron chi connectivity index (χ1n) is 8.65. The Balaban J connectivity index is 1.94. The highest BCUT2D eigenvalue weighted by molar-refractivity contribution is 8.22. The molecule has 0 bridgehead atoms. The number of ether oxygens (including phenoxy) is 1. The Kier molecular flexibility index (Phi) is 6.96. The van der Waals surface area contributed by atoms with Crippen LogP contribution in [0.3, 0.4) is 0 Å². The van der Waals surface area contributed by atoms with Crippen molar-refractivity contribution in [1.29, 1.82) is 0 Å². The minimum absolute atomic E-state index is 0.220. The van der Waals surface area contributed by atoms with E-state index in [-0.39, 0.29) is 17.1 Å². The number of Topliss-reactive ketones (excluding diaryl/α,β-unsaturated/α-hetero) is 1. The van der Waals surface area contributed by atoms with Crippen LogP contribution in [0.2, 0.25) is 0 Å². The molecule has 3 rings (SSSR count). The third kappa shape index (κ3) is 4.93. The highest BCUT2D eigenvalue weighted by Crippen LogP contribution is 2.38. The molecule has 2 aromatic rings. The van der Waals surface area contributed by atoms with E-state index in [1.165, 1.54) is 6.08 Å². The second-order valence-corrected chi connectivity index (χ2v) is 8.32. The van der Waals surface area contributed by atoms with Crippen LogP contribution in [0, 0.1) is 0 Å². The number of rotatable bonds is 6. The predicted molar refractivity (Wildman–Crippen MR) is 114 cm³/mol. The maximum atomic E-state index is 13.1. The van der Waals surface area contributed by atoms with Gasteiger partial charge in [-0.1, -0.05) is 48.5 Å². The van der Waals surface area contributed by atoms with Crippen LogP contribution in [-0.4, -0.2) is 30.2 Å². The molecule has 27 heavy (non-hydrogen) atoms. The minimum atomic E-state index is -0.272. The van der Waals surface area contributed by atoms with Gasteiger partial charge >= 0.3 is 0 Å². The molecule has 0 radical (unpaired) electrons. The van der Waals surface area contributed by atoms with Crippen molar-refractivity contribution in [3.8, 4) is 5.75 Å². The van der Waals surface area contributed by atoms with Crippen LogP contribution in [0.5, 0.6) is 5.75 Å². The van der Waals surface area contributed by atoms with E-state index in [0.717, 1.165) is 27.7 Å². The lowest BCUT2D eigenvalue weighted by atomic mass is 10.0. The van der Waals surface area contributed by atoms with Crippen molar-refractivity contribution in [2.75, 3.05) is 18.6 Å². The average Bonchev–Trinajstić information content (AvgIpc) is 2.74. The monoisotopic (exact) mass is 396 g/mol. The lowest BCUT2D eigenvalue weighted by Crippen LogP contribution is -2.14. The topological polar surface area (TPSA) is 43.4 Å². The lowest BCUT2D eigenvalue weighted by Gasteiger charge is -2.16. The van der Waals surface area contributed by atoms with Gasteiger partial charge in [-0.25, -0.2) is 0 Å². The minimum Gasteiger partial charge on any atom is -0.496 e. The molecular weight excluding hydrogens is 376 g/mol. The standard InChI is InChI=1S/C22H20O3S2/c1-25-19-11-6-5-8-16(19)12-13-18(23)20(22-26-14-7-15-27-22)21(24)17-9-3-2-4-10-17/h2-6,8-13H,7,14-15H2,1H3/b13-12+. The summed E-state index contributed by atoms with van der Waals surface area (Å²) in [6, 6.07) is 16.4. The summed E-state index contributed by atoms with van der Waals surface area (Å²) in [5.74, 6) is 2.05. The van der Waals surface area contributed by atoms with E-state index in [1.54, 1.807) is 48.8 Å². The number of carbonyl (C=O) groups excluding carboxylic acids is 2. The molecule has 0 unspecified atom stereocenters. The normalized spacial score (nSPS) is 14.2. The highest BCUT2D eigenvalue weighted by Gasteiger charge is 2.24. The van der Waals surface area contributed by atoms with Crippen molar-refractivity contribution in [3.05, 3.63) is 81.6 Å². The second kappa shape index (κ2) is 9.62. The zero-order chi connectivity index (χ0) is 19.1. The first kappa shape index (κ1) is 19.5. The Morgan fingerprint density at radius 1 is 0.963 bits per heavy atom. The van der Waals surface area contributed by atoms with E-state index in [9.17, 15) is 9.59 Å². The van der Waals surface area contributed by atoms with Gasteiger partial charge in [-0.05, 0) is 36.1 Å². The quantitative estimate of drug-likeness (QED) is 0.289. The van der Waals surface area contributed by atoms with E-state index < -0.39 is 0 Å². The van der Waals surface area contributed by atoms with E-state index in [0.29, 0.717) is 11.3 Å². The van der Waals surface area contributed by atoms with Gasteiger partial charge in [0.2, 0.25) is 0 Å². The summed E-state index contributed by atoms with van der Waals surface area (Å²) in [6.45, 7) is 0. The Hall–Kier alpha value is -2.24. The van der Waals surface area contributed by atoms with Gasteiger partial charge in [-0.3, -0.25) is 9.59 Å². The zero-order valence-electron chi connectivity index (χ0n) is 15.0. The highest BCUT2D eigenvalue weighted by atomic mass is 32.2. The molecule has 0 atom stereocenters. The third-order valence-electron chi connectivity index (χ3n) is 4.02. The van der Waals surface area contributed by atoms with Crippen LogP contribution >= 0.6 is 23.5 Å². The van der Waals surface area contributed by atoms with Crippen LogP contribution in [0.15, 0.2) is 70.5 Å². The van der Waals surface area contributed by atoms with Crippen molar-refractivity contribution in [1.82, 2.24) is 0 Å². The van der Waals surface area contributed by atoms with Crippen molar-refractivity contribution >= 4 is 41.2 Å². The summed E-state index contributed by atoms with van der Waals surface area (Å²) < 4.78 is 6.15.